The lowest BCUT2D eigenvalue weighted by atomic mass is 10.2. The molecule has 1 aromatic heterocycles. The number of aliphatic hydroxyl groups is 1. The summed E-state index contributed by atoms with van der Waals surface area (Å²) in [6, 6.07) is 2.06. The topological polar surface area (TPSA) is 20.2 Å². The molecule has 0 aliphatic heterocycles. The molecule has 0 bridgehead atoms. The van der Waals surface area contributed by atoms with Crippen LogP contribution in [0.1, 0.15) is 23.5 Å². The number of hydrogen-bond donors (Lipinski definition) is 1. The summed E-state index contributed by atoms with van der Waals surface area (Å²) < 4.78 is 0. The van der Waals surface area contributed by atoms with Crippen molar-refractivity contribution in [1.29, 1.82) is 0 Å². The Labute approximate surface area is 81.8 Å². The van der Waals surface area contributed by atoms with E-state index in [1.165, 1.54) is 4.88 Å². The van der Waals surface area contributed by atoms with Crippen LogP contribution in [0.2, 0.25) is 0 Å². The lowest BCUT2D eigenvalue weighted by Gasteiger charge is -2.06. The molecule has 0 fully saturated rings. The first-order chi connectivity index (χ1) is 5.74. The van der Waals surface area contributed by atoms with Gasteiger partial charge in [0.1, 0.15) is 0 Å². The fourth-order valence-corrected chi connectivity index (χ4v) is 2.37. The van der Waals surface area contributed by atoms with Crippen molar-refractivity contribution in [3.05, 3.63) is 21.9 Å². The van der Waals surface area contributed by atoms with Crippen molar-refractivity contribution < 1.29 is 5.11 Å². The standard InChI is InChI=1S/C9H14OS2/c1-3-11-6-9(10)8-4-7(2)12-5-8/h4-5,9-10H,3,6H2,1-2H3. The van der Waals surface area contributed by atoms with Crippen molar-refractivity contribution in [2.45, 2.75) is 20.0 Å². The normalized spacial score (nSPS) is 13.2. The van der Waals surface area contributed by atoms with Gasteiger partial charge in [0, 0.05) is 10.6 Å². The van der Waals surface area contributed by atoms with Crippen LogP contribution < -0.4 is 0 Å². The van der Waals surface area contributed by atoms with Crippen molar-refractivity contribution in [1.82, 2.24) is 0 Å². The summed E-state index contributed by atoms with van der Waals surface area (Å²) in [6.07, 6.45) is -0.278. The average Bonchev–Trinajstić information content (AvgIpc) is 2.47. The Kier molecular flexibility index (Phi) is 4.12. The molecule has 68 valence electrons. The van der Waals surface area contributed by atoms with E-state index in [0.29, 0.717) is 0 Å². The van der Waals surface area contributed by atoms with E-state index >= 15 is 0 Å². The van der Waals surface area contributed by atoms with E-state index in [2.05, 4.69) is 19.9 Å². The Morgan fingerprint density at radius 3 is 2.92 bits per heavy atom. The molecule has 0 saturated heterocycles. The predicted molar refractivity (Wildman–Crippen MR) is 57.0 cm³/mol. The van der Waals surface area contributed by atoms with Crippen molar-refractivity contribution in [3.8, 4) is 0 Å². The number of hydrogen-bond acceptors (Lipinski definition) is 3. The van der Waals surface area contributed by atoms with Crippen LogP contribution in [0, 0.1) is 6.92 Å². The second-order valence-corrected chi connectivity index (χ2v) is 5.10. The first-order valence-corrected chi connectivity index (χ1v) is 6.08. The SMILES string of the molecule is CCSCC(O)c1csc(C)c1. The molecule has 12 heavy (non-hydrogen) atoms. The van der Waals surface area contributed by atoms with Gasteiger partial charge in [0.2, 0.25) is 0 Å². The molecule has 0 aliphatic carbocycles. The van der Waals surface area contributed by atoms with Gasteiger partial charge in [0.25, 0.3) is 0 Å². The quantitative estimate of drug-likeness (QED) is 0.810. The van der Waals surface area contributed by atoms with E-state index < -0.39 is 0 Å². The molecule has 0 saturated carbocycles. The van der Waals surface area contributed by atoms with E-state index in [-0.39, 0.29) is 6.10 Å². The van der Waals surface area contributed by atoms with Gasteiger partial charge in [-0.25, -0.2) is 0 Å². The van der Waals surface area contributed by atoms with Crippen molar-refractivity contribution >= 4 is 23.1 Å². The van der Waals surface area contributed by atoms with E-state index in [1.54, 1.807) is 23.1 Å². The van der Waals surface area contributed by atoms with E-state index in [0.717, 1.165) is 17.1 Å². The van der Waals surface area contributed by atoms with Crippen molar-refractivity contribution in [3.63, 3.8) is 0 Å². The van der Waals surface area contributed by atoms with Crippen LogP contribution in [0.4, 0.5) is 0 Å². The molecule has 0 radical (unpaired) electrons. The Bertz CT molecular complexity index is 232. The molecule has 0 aromatic carbocycles. The predicted octanol–water partition coefficient (Wildman–Crippen LogP) is 2.84. The highest BCUT2D eigenvalue weighted by molar-refractivity contribution is 7.99. The second-order valence-electron chi connectivity index (χ2n) is 2.67. The highest BCUT2D eigenvalue weighted by Crippen LogP contribution is 2.22. The summed E-state index contributed by atoms with van der Waals surface area (Å²) in [5.74, 6) is 1.88. The molecule has 1 N–H and O–H groups in total. The monoisotopic (exact) mass is 202 g/mol. The molecule has 0 amide bonds. The largest absolute Gasteiger partial charge is 0.388 e. The maximum atomic E-state index is 9.65. The fraction of sp³-hybridized carbons (Fsp3) is 0.556. The fourth-order valence-electron chi connectivity index (χ4n) is 0.964. The molecule has 1 heterocycles. The second kappa shape index (κ2) is 4.90. The van der Waals surface area contributed by atoms with Gasteiger partial charge >= 0.3 is 0 Å². The number of thioether (sulfide) groups is 1. The molecule has 3 heteroatoms. The minimum Gasteiger partial charge on any atom is -0.388 e. The first kappa shape index (κ1) is 10.1. The summed E-state index contributed by atoms with van der Waals surface area (Å²) in [6.45, 7) is 4.17. The summed E-state index contributed by atoms with van der Waals surface area (Å²) in [4.78, 5) is 1.27. The molecule has 1 nitrogen and oxygen atoms in total. The Balaban J connectivity index is 2.47. The van der Waals surface area contributed by atoms with Gasteiger partial charge in [0.15, 0.2) is 0 Å². The van der Waals surface area contributed by atoms with Gasteiger partial charge in [-0.1, -0.05) is 6.92 Å². The van der Waals surface area contributed by atoms with Crippen LogP contribution in [-0.4, -0.2) is 16.6 Å². The molecule has 1 aromatic rings. The van der Waals surface area contributed by atoms with Crippen LogP contribution in [0.3, 0.4) is 0 Å². The molecular formula is C9H14OS2. The number of rotatable bonds is 4. The third-order valence-corrected chi connectivity index (χ3v) is 3.45. The van der Waals surface area contributed by atoms with Gasteiger partial charge in [-0.2, -0.15) is 11.8 Å². The van der Waals surface area contributed by atoms with Crippen LogP contribution in [0.25, 0.3) is 0 Å². The molecule has 0 aliphatic rings. The van der Waals surface area contributed by atoms with Crippen LogP contribution in [-0.2, 0) is 0 Å². The highest BCUT2D eigenvalue weighted by Gasteiger charge is 2.07. The highest BCUT2D eigenvalue weighted by atomic mass is 32.2. The molecule has 1 unspecified atom stereocenters. The summed E-state index contributed by atoms with van der Waals surface area (Å²) in [7, 11) is 0. The number of aryl methyl sites for hydroxylation is 1. The summed E-state index contributed by atoms with van der Waals surface area (Å²) in [5, 5.41) is 11.7. The van der Waals surface area contributed by atoms with Gasteiger partial charge in [-0.05, 0) is 29.7 Å². The average molecular weight is 202 g/mol. The lowest BCUT2D eigenvalue weighted by molar-refractivity contribution is 0.204. The molecule has 1 rings (SSSR count). The summed E-state index contributed by atoms with van der Waals surface area (Å²) >= 11 is 3.47. The number of thiophene rings is 1. The van der Waals surface area contributed by atoms with Crippen molar-refractivity contribution in [2.24, 2.45) is 0 Å². The van der Waals surface area contributed by atoms with Gasteiger partial charge in [0.05, 0.1) is 6.10 Å². The van der Waals surface area contributed by atoms with Gasteiger partial charge in [-0.15, -0.1) is 11.3 Å². The smallest absolute Gasteiger partial charge is 0.0888 e. The van der Waals surface area contributed by atoms with E-state index in [9.17, 15) is 5.11 Å². The molecule has 1 atom stereocenters. The van der Waals surface area contributed by atoms with Gasteiger partial charge in [-0.3, -0.25) is 0 Å². The zero-order valence-corrected chi connectivity index (χ0v) is 9.04. The minimum atomic E-state index is -0.278. The first-order valence-electron chi connectivity index (χ1n) is 4.05. The van der Waals surface area contributed by atoms with Crippen LogP contribution in [0.5, 0.6) is 0 Å². The van der Waals surface area contributed by atoms with Gasteiger partial charge < -0.3 is 5.11 Å². The molecule has 0 spiro atoms. The lowest BCUT2D eigenvalue weighted by Crippen LogP contribution is -1.98. The third-order valence-electron chi connectivity index (χ3n) is 1.62. The van der Waals surface area contributed by atoms with Crippen molar-refractivity contribution in [2.75, 3.05) is 11.5 Å². The maximum Gasteiger partial charge on any atom is 0.0888 e. The maximum absolute atomic E-state index is 9.65. The van der Waals surface area contributed by atoms with E-state index in [1.807, 2.05) is 5.38 Å². The van der Waals surface area contributed by atoms with Crippen LogP contribution >= 0.6 is 23.1 Å². The third kappa shape index (κ3) is 2.81. The van der Waals surface area contributed by atoms with E-state index in [4.69, 9.17) is 0 Å². The molecular weight excluding hydrogens is 188 g/mol. The zero-order valence-electron chi connectivity index (χ0n) is 7.41. The minimum absolute atomic E-state index is 0.278. The Morgan fingerprint density at radius 2 is 2.42 bits per heavy atom. The zero-order chi connectivity index (χ0) is 8.97. The number of aliphatic hydroxyl groups excluding tert-OH is 1. The Morgan fingerprint density at radius 1 is 1.67 bits per heavy atom. The van der Waals surface area contributed by atoms with Crippen LogP contribution in [0.15, 0.2) is 11.4 Å². The Hall–Kier alpha value is 0.0100. The summed E-state index contributed by atoms with van der Waals surface area (Å²) in [5.41, 5.74) is 1.07.